The van der Waals surface area contributed by atoms with E-state index in [1.165, 1.54) is 0 Å². The summed E-state index contributed by atoms with van der Waals surface area (Å²) in [5.41, 5.74) is 4.09. The second-order valence-corrected chi connectivity index (χ2v) is 5.86. The second-order valence-electron chi connectivity index (χ2n) is 5.86. The Labute approximate surface area is 156 Å². The molecule has 0 bridgehead atoms. The summed E-state index contributed by atoms with van der Waals surface area (Å²) in [6, 6.07) is 23.5. The summed E-state index contributed by atoms with van der Waals surface area (Å²) in [6.07, 6.45) is 3.58. The van der Waals surface area contributed by atoms with Crippen LogP contribution in [0.3, 0.4) is 0 Å². The third kappa shape index (κ3) is 3.55. The van der Waals surface area contributed by atoms with E-state index < -0.39 is 0 Å². The zero-order valence-corrected chi connectivity index (χ0v) is 14.4. The first-order chi connectivity index (χ1) is 13.3. The maximum Gasteiger partial charge on any atom is 0.123 e. The molecule has 0 radical (unpaired) electrons. The highest BCUT2D eigenvalue weighted by Gasteiger charge is 2.07. The maximum atomic E-state index is 5.28. The molecule has 2 N–H and O–H groups in total. The molecule has 1 aromatic heterocycles. The second kappa shape index (κ2) is 7.53. The van der Waals surface area contributed by atoms with Crippen LogP contribution in [0.25, 0.3) is 21.9 Å². The summed E-state index contributed by atoms with van der Waals surface area (Å²) in [5.74, 6) is 5.28. The lowest BCUT2D eigenvalue weighted by Gasteiger charge is -2.04. The van der Waals surface area contributed by atoms with Gasteiger partial charge >= 0.3 is 0 Å². The lowest BCUT2D eigenvalue weighted by atomic mass is 10.1. The van der Waals surface area contributed by atoms with Gasteiger partial charge in [0, 0.05) is 17.8 Å². The number of pyridine rings is 1. The smallest absolute Gasteiger partial charge is 0.123 e. The number of fused-ring (bicyclic) bond motifs is 1. The molecule has 0 unspecified atom stereocenters. The Morgan fingerprint density at radius 1 is 0.704 bits per heavy atom. The van der Waals surface area contributed by atoms with Crippen LogP contribution in [0.4, 0.5) is 17.1 Å². The molecular weight excluding hydrogens is 336 g/mol. The number of nitrogens with two attached hydrogens (primary N) is 1. The molecule has 0 aliphatic rings. The minimum atomic E-state index is 0.603. The van der Waals surface area contributed by atoms with E-state index in [1.54, 1.807) is 6.20 Å². The van der Waals surface area contributed by atoms with Crippen LogP contribution in [0.5, 0.6) is 0 Å². The van der Waals surface area contributed by atoms with E-state index >= 15 is 0 Å². The van der Waals surface area contributed by atoms with Crippen molar-refractivity contribution in [2.75, 3.05) is 0 Å². The van der Waals surface area contributed by atoms with E-state index in [4.69, 9.17) is 5.84 Å². The summed E-state index contributed by atoms with van der Waals surface area (Å²) in [6.45, 7) is 0. The molecule has 0 fully saturated rings. The lowest BCUT2D eigenvalue weighted by Crippen LogP contribution is -1.79. The monoisotopic (exact) mass is 352 g/mol. The molecule has 130 valence electrons. The van der Waals surface area contributed by atoms with Gasteiger partial charge in [0.15, 0.2) is 0 Å². The van der Waals surface area contributed by atoms with Crippen molar-refractivity contribution in [1.82, 2.24) is 4.98 Å². The fourth-order valence-corrected chi connectivity index (χ4v) is 2.85. The molecular formula is C21H16N6. The molecule has 0 aliphatic carbocycles. The molecule has 0 saturated heterocycles. The summed E-state index contributed by atoms with van der Waals surface area (Å²) in [5, 5.41) is 18.1. The van der Waals surface area contributed by atoms with Gasteiger partial charge in [0.05, 0.1) is 5.69 Å². The van der Waals surface area contributed by atoms with Crippen LogP contribution in [0.1, 0.15) is 0 Å². The first kappa shape index (κ1) is 16.5. The van der Waals surface area contributed by atoms with Crippen molar-refractivity contribution in [3.05, 3.63) is 85.2 Å². The van der Waals surface area contributed by atoms with Crippen molar-refractivity contribution in [2.24, 2.45) is 26.4 Å². The summed E-state index contributed by atoms with van der Waals surface area (Å²) in [4.78, 5) is 4.14. The zero-order valence-electron chi connectivity index (χ0n) is 14.4. The molecule has 1 heterocycles. The van der Waals surface area contributed by atoms with Crippen LogP contribution >= 0.6 is 0 Å². The van der Waals surface area contributed by atoms with E-state index in [0.717, 1.165) is 27.6 Å². The van der Waals surface area contributed by atoms with Crippen molar-refractivity contribution >= 4 is 27.8 Å². The van der Waals surface area contributed by atoms with Crippen molar-refractivity contribution in [3.63, 3.8) is 0 Å². The van der Waals surface area contributed by atoms with Gasteiger partial charge in [-0.25, -0.2) is 0 Å². The van der Waals surface area contributed by atoms with Gasteiger partial charge in [-0.05, 0) is 40.8 Å². The number of hydrogen-bond acceptors (Lipinski definition) is 5. The normalized spacial score (nSPS) is 11.6. The van der Waals surface area contributed by atoms with Crippen molar-refractivity contribution < 1.29 is 0 Å². The molecule has 0 atom stereocenters. The SMILES string of the molecule is NN=Nc1c(/N=N/c2ccc(-c3cccnc3)cc2)ccc2ccccc12. The Hall–Kier alpha value is -3.93. The third-order valence-electron chi connectivity index (χ3n) is 4.17. The topological polar surface area (TPSA) is 88.3 Å². The first-order valence-electron chi connectivity index (χ1n) is 8.40. The maximum absolute atomic E-state index is 5.28. The molecule has 3 aromatic carbocycles. The summed E-state index contributed by atoms with van der Waals surface area (Å²) >= 11 is 0. The third-order valence-corrected chi connectivity index (χ3v) is 4.17. The van der Waals surface area contributed by atoms with Crippen molar-refractivity contribution in [2.45, 2.75) is 0 Å². The molecule has 4 aromatic rings. The number of benzene rings is 3. The van der Waals surface area contributed by atoms with Crippen molar-refractivity contribution in [1.29, 1.82) is 0 Å². The zero-order chi connectivity index (χ0) is 18.5. The van der Waals surface area contributed by atoms with Crippen LogP contribution in [0, 0.1) is 0 Å². The first-order valence-corrected chi connectivity index (χ1v) is 8.40. The van der Waals surface area contributed by atoms with E-state index in [-0.39, 0.29) is 0 Å². The average molecular weight is 352 g/mol. The number of azo groups is 1. The van der Waals surface area contributed by atoms with Crippen LogP contribution in [0.2, 0.25) is 0 Å². The molecule has 27 heavy (non-hydrogen) atoms. The Kier molecular flexibility index (Phi) is 4.61. The number of rotatable bonds is 4. The minimum Gasteiger partial charge on any atom is -0.305 e. The highest BCUT2D eigenvalue weighted by Crippen LogP contribution is 2.37. The van der Waals surface area contributed by atoms with Gasteiger partial charge in [0.25, 0.3) is 0 Å². The molecule has 6 heteroatoms. The van der Waals surface area contributed by atoms with Crippen LogP contribution in [0.15, 0.2) is 106 Å². The van der Waals surface area contributed by atoms with E-state index in [0.29, 0.717) is 11.4 Å². The molecule has 6 nitrogen and oxygen atoms in total. The van der Waals surface area contributed by atoms with Gasteiger partial charge in [0.1, 0.15) is 11.4 Å². The van der Waals surface area contributed by atoms with Gasteiger partial charge in [-0.1, -0.05) is 53.8 Å². The Morgan fingerprint density at radius 3 is 2.33 bits per heavy atom. The highest BCUT2D eigenvalue weighted by molar-refractivity contribution is 5.97. The van der Waals surface area contributed by atoms with Crippen molar-refractivity contribution in [3.8, 4) is 11.1 Å². The largest absolute Gasteiger partial charge is 0.305 e. The summed E-state index contributed by atoms with van der Waals surface area (Å²) in [7, 11) is 0. The van der Waals surface area contributed by atoms with Crippen LogP contribution < -0.4 is 5.84 Å². The number of aromatic nitrogens is 1. The molecule has 0 spiro atoms. The lowest BCUT2D eigenvalue weighted by molar-refractivity contribution is 1.06. The molecule has 0 aliphatic heterocycles. The van der Waals surface area contributed by atoms with Gasteiger partial charge < -0.3 is 5.84 Å². The predicted octanol–water partition coefficient (Wildman–Crippen LogP) is 6.27. The average Bonchev–Trinajstić information content (AvgIpc) is 2.74. The Bertz CT molecular complexity index is 1120. The predicted molar refractivity (Wildman–Crippen MR) is 107 cm³/mol. The van der Waals surface area contributed by atoms with E-state index in [2.05, 4.69) is 25.5 Å². The van der Waals surface area contributed by atoms with E-state index in [1.807, 2.05) is 79.0 Å². The standard InChI is InChI=1S/C21H16N6/c22-27-26-21-19-6-2-1-4-16(19)9-12-20(21)25-24-18-10-7-15(8-11-18)17-5-3-13-23-14-17/h1-14H,(H2,22,26)/b25-24+. The number of hydrogen-bond donors (Lipinski definition) is 1. The van der Waals surface area contributed by atoms with Gasteiger partial charge in [0.2, 0.25) is 0 Å². The fourth-order valence-electron chi connectivity index (χ4n) is 2.85. The highest BCUT2D eigenvalue weighted by atomic mass is 15.3. The number of nitrogens with zero attached hydrogens (tertiary/aromatic N) is 5. The van der Waals surface area contributed by atoms with Gasteiger partial charge in [-0.3, -0.25) is 4.98 Å². The van der Waals surface area contributed by atoms with Crippen LogP contribution in [-0.2, 0) is 0 Å². The van der Waals surface area contributed by atoms with Gasteiger partial charge in [-0.15, -0.1) is 10.2 Å². The fraction of sp³-hybridized carbons (Fsp3) is 0. The minimum absolute atomic E-state index is 0.603. The molecule has 4 rings (SSSR count). The quantitative estimate of drug-likeness (QED) is 0.266. The van der Waals surface area contributed by atoms with Gasteiger partial charge in [-0.2, -0.15) is 5.11 Å². The van der Waals surface area contributed by atoms with E-state index in [9.17, 15) is 0 Å². The molecule has 0 amide bonds. The van der Waals surface area contributed by atoms with Crippen LogP contribution in [-0.4, -0.2) is 4.98 Å². The Balaban J connectivity index is 1.66. The Morgan fingerprint density at radius 2 is 1.56 bits per heavy atom. The summed E-state index contributed by atoms with van der Waals surface area (Å²) < 4.78 is 0. The molecule has 0 saturated carbocycles.